The number of nitrogens with one attached hydrogen (secondary N) is 5. The second-order valence-electron chi connectivity index (χ2n) is 19.0. The normalized spacial score (nSPS) is 19.8. The van der Waals surface area contributed by atoms with Gasteiger partial charge in [0.2, 0.25) is 11.8 Å². The van der Waals surface area contributed by atoms with Crippen molar-refractivity contribution in [3.05, 3.63) is 119 Å². The van der Waals surface area contributed by atoms with Crippen molar-refractivity contribution in [2.75, 3.05) is 19.6 Å². The quantitative estimate of drug-likeness (QED) is 0.0227. The maximum Gasteiger partial charge on any atom is 0.258 e. The molecule has 2 unspecified atom stereocenters. The van der Waals surface area contributed by atoms with Gasteiger partial charge in [-0.15, -0.1) is 11.3 Å². The van der Waals surface area contributed by atoms with Crippen LogP contribution < -0.4 is 21.5 Å². The molecular weight excluding hydrogens is 833 g/mol. The molecule has 3 aromatic carbocycles. The topological polar surface area (TPSA) is 155 Å². The number of fused-ring (bicyclic) bond motifs is 1. The lowest BCUT2D eigenvalue weighted by molar-refractivity contribution is -0.142. The molecular formula is C52H68N8O4S. The van der Waals surface area contributed by atoms with Crippen LogP contribution in [0.4, 0.5) is 0 Å². The Labute approximate surface area is 388 Å². The van der Waals surface area contributed by atoms with Gasteiger partial charge in [-0.2, -0.15) is 0 Å². The zero-order chi connectivity index (χ0) is 45.9. The van der Waals surface area contributed by atoms with Gasteiger partial charge in [0, 0.05) is 74.4 Å². The average Bonchev–Trinajstić information content (AvgIpc) is 3.99. The molecule has 5 atom stereocenters. The number of aliphatic hydroxyl groups is 1. The van der Waals surface area contributed by atoms with Gasteiger partial charge >= 0.3 is 0 Å². The Morgan fingerprint density at radius 3 is 2.49 bits per heavy atom. The molecule has 0 bridgehead atoms. The third-order valence-corrected chi connectivity index (χ3v) is 13.9. The van der Waals surface area contributed by atoms with E-state index in [4.69, 9.17) is 0 Å². The van der Waals surface area contributed by atoms with Crippen molar-refractivity contribution in [2.45, 2.75) is 129 Å². The van der Waals surface area contributed by atoms with Crippen LogP contribution in [0.15, 0.2) is 90.6 Å². The van der Waals surface area contributed by atoms with E-state index < -0.39 is 23.6 Å². The first-order valence-corrected chi connectivity index (χ1v) is 24.3. The van der Waals surface area contributed by atoms with Gasteiger partial charge in [0.25, 0.3) is 5.91 Å². The Morgan fingerprint density at radius 1 is 1.00 bits per heavy atom. The molecule has 7 rings (SSSR count). The Morgan fingerprint density at radius 2 is 1.75 bits per heavy atom. The number of thiazole rings is 1. The van der Waals surface area contributed by atoms with E-state index in [1.807, 2.05) is 49.7 Å². The van der Waals surface area contributed by atoms with Gasteiger partial charge in [-0.05, 0) is 84.4 Å². The molecule has 5 aromatic rings. The lowest BCUT2D eigenvalue weighted by Gasteiger charge is -2.39. The van der Waals surface area contributed by atoms with Crippen LogP contribution in [0, 0.1) is 12.3 Å². The van der Waals surface area contributed by atoms with Gasteiger partial charge in [0.15, 0.2) is 0 Å². The standard InChI is InChI=1S/C52H68N8O4S/c1-6-26-56-58-47(62)24-21-36-15-17-38(18-16-36)32-59(27-25-40-31-53-45-14-10-9-13-44(40)45)42-12-8-7-11-41(28-42)57-49(52(3,4)5)51(64)60-33-43(61)29-46(60)50(63)54-30-37-19-22-39(23-20-37)48-35(2)55-34-65-48/h9-10,13-24,31,34,41-43,46,49,53,56-57,61H,6-8,11-12,25-30,32-33H2,1-5H3,(H,54,63)(H,58,62)/b24-21+/t41?,42?,43-,46+,49-/m1/s1. The molecule has 2 fully saturated rings. The summed E-state index contributed by atoms with van der Waals surface area (Å²) in [5, 5.41) is 19.1. The summed E-state index contributed by atoms with van der Waals surface area (Å²) in [7, 11) is 0. The van der Waals surface area contributed by atoms with Crippen LogP contribution in [0.2, 0.25) is 0 Å². The second kappa shape index (κ2) is 22.3. The van der Waals surface area contributed by atoms with E-state index in [0.29, 0.717) is 6.54 Å². The van der Waals surface area contributed by atoms with E-state index in [-0.39, 0.29) is 42.8 Å². The maximum atomic E-state index is 14.8. The molecule has 3 heterocycles. The second-order valence-corrected chi connectivity index (χ2v) is 19.8. The first-order valence-electron chi connectivity index (χ1n) is 23.5. The molecule has 13 heteroatoms. The summed E-state index contributed by atoms with van der Waals surface area (Å²) >= 11 is 1.61. The number of aryl methyl sites for hydroxylation is 1. The molecule has 0 spiro atoms. The number of hydrazine groups is 1. The molecule has 1 aliphatic carbocycles. The van der Waals surface area contributed by atoms with Crippen LogP contribution in [0.5, 0.6) is 0 Å². The van der Waals surface area contributed by atoms with Crippen molar-refractivity contribution >= 4 is 46.0 Å². The minimum absolute atomic E-state index is 0.0771. The molecule has 65 heavy (non-hydrogen) atoms. The molecule has 1 saturated carbocycles. The fraction of sp³-hybridized carbons (Fsp3) is 0.462. The van der Waals surface area contributed by atoms with Gasteiger partial charge in [0.05, 0.1) is 28.2 Å². The summed E-state index contributed by atoms with van der Waals surface area (Å²) in [6.45, 7) is 13.1. The number of H-pyrrole nitrogens is 1. The highest BCUT2D eigenvalue weighted by molar-refractivity contribution is 7.13. The Balaban J connectivity index is 1.03. The van der Waals surface area contributed by atoms with Gasteiger partial charge in [-0.3, -0.25) is 24.7 Å². The predicted octanol–water partition coefficient (Wildman–Crippen LogP) is 7.67. The number of hydrogen-bond donors (Lipinski definition) is 6. The molecule has 1 aliphatic heterocycles. The number of aliphatic hydroxyl groups excluding tert-OH is 1. The van der Waals surface area contributed by atoms with Crippen molar-refractivity contribution in [1.29, 1.82) is 0 Å². The first-order chi connectivity index (χ1) is 31.4. The third-order valence-electron chi connectivity index (χ3n) is 12.9. The van der Waals surface area contributed by atoms with Crippen LogP contribution in [0.3, 0.4) is 0 Å². The smallest absolute Gasteiger partial charge is 0.258 e. The van der Waals surface area contributed by atoms with E-state index in [1.54, 1.807) is 22.3 Å². The number of rotatable bonds is 18. The van der Waals surface area contributed by atoms with Crippen molar-refractivity contribution in [3.63, 3.8) is 0 Å². The maximum absolute atomic E-state index is 14.8. The van der Waals surface area contributed by atoms with Gasteiger partial charge < -0.3 is 25.6 Å². The van der Waals surface area contributed by atoms with Crippen LogP contribution in [0.1, 0.15) is 101 Å². The first kappa shape index (κ1) is 47.8. The molecule has 346 valence electrons. The molecule has 12 nitrogen and oxygen atoms in total. The minimum Gasteiger partial charge on any atom is -0.391 e. The van der Waals surface area contributed by atoms with E-state index >= 15 is 0 Å². The number of amides is 3. The number of nitrogens with zero attached hydrogens (tertiary/aromatic N) is 3. The van der Waals surface area contributed by atoms with Crippen LogP contribution >= 0.6 is 11.3 Å². The fourth-order valence-electron chi connectivity index (χ4n) is 9.33. The van der Waals surface area contributed by atoms with Gasteiger partial charge in [0.1, 0.15) is 6.04 Å². The highest BCUT2D eigenvalue weighted by Gasteiger charge is 2.44. The minimum atomic E-state index is -0.775. The monoisotopic (exact) mass is 901 g/mol. The van der Waals surface area contributed by atoms with Crippen molar-refractivity contribution < 1.29 is 19.5 Å². The Bertz CT molecular complexity index is 2370. The summed E-state index contributed by atoms with van der Waals surface area (Å²) in [6, 6.07) is 24.1. The van der Waals surface area contributed by atoms with Crippen LogP contribution in [-0.2, 0) is 33.9 Å². The number of aromatic nitrogens is 2. The summed E-state index contributed by atoms with van der Waals surface area (Å²) in [6.07, 6.45) is 11.8. The zero-order valence-corrected chi connectivity index (χ0v) is 39.6. The number of carbonyl (C=O) groups excluding carboxylic acids is 3. The van der Waals surface area contributed by atoms with Crippen LogP contribution in [-0.4, -0.2) is 92.5 Å². The third kappa shape index (κ3) is 12.8. The zero-order valence-electron chi connectivity index (χ0n) is 38.7. The summed E-state index contributed by atoms with van der Waals surface area (Å²) in [5.74, 6) is -0.573. The largest absolute Gasteiger partial charge is 0.391 e. The molecule has 3 amide bonds. The predicted molar refractivity (Wildman–Crippen MR) is 262 cm³/mol. The van der Waals surface area contributed by atoms with Gasteiger partial charge in [-0.25, -0.2) is 10.4 Å². The highest BCUT2D eigenvalue weighted by Crippen LogP contribution is 2.31. The number of para-hydroxylation sites is 1. The van der Waals surface area contributed by atoms with E-state index in [0.717, 1.165) is 97.4 Å². The van der Waals surface area contributed by atoms with Crippen molar-refractivity contribution in [1.82, 2.24) is 41.3 Å². The summed E-state index contributed by atoms with van der Waals surface area (Å²) < 4.78 is 0. The van der Waals surface area contributed by atoms with Gasteiger partial charge in [-0.1, -0.05) is 107 Å². The van der Waals surface area contributed by atoms with E-state index in [2.05, 4.69) is 112 Å². The van der Waals surface area contributed by atoms with Crippen molar-refractivity contribution in [3.8, 4) is 10.4 Å². The lowest BCUT2D eigenvalue weighted by atomic mass is 9.84. The number of β-amino-alcohol motifs (C(OH)–C–C–N with tert-alkyl or cyclic N) is 1. The summed E-state index contributed by atoms with van der Waals surface area (Å²) in [4.78, 5) is 54.0. The molecule has 1 saturated heterocycles. The molecule has 6 N–H and O–H groups in total. The molecule has 2 aromatic heterocycles. The number of carbonyl (C=O) groups is 3. The number of benzene rings is 3. The molecule has 2 aliphatic rings. The molecule has 0 radical (unpaired) electrons. The number of likely N-dealkylation sites (tertiary alicyclic amines) is 1. The SMILES string of the molecule is CCCNNC(=O)/C=C/c1ccc(CN(CCc2c[nH]c3ccccc23)C2CCCCC(N[C@H](C(=O)N3C[C@H](O)C[C@H]3C(=O)NCc3ccc(-c4scnc4C)cc3)C(C)(C)C)C2)cc1. The number of hydrogen-bond acceptors (Lipinski definition) is 9. The summed E-state index contributed by atoms with van der Waals surface area (Å²) in [5.41, 5.74) is 14.7. The number of aromatic amines is 1. The lowest BCUT2D eigenvalue weighted by Crippen LogP contribution is -2.59. The Kier molecular flexibility index (Phi) is 16.4. The fourth-order valence-corrected chi connectivity index (χ4v) is 10.1. The van der Waals surface area contributed by atoms with Crippen LogP contribution in [0.25, 0.3) is 27.4 Å². The van der Waals surface area contributed by atoms with E-state index in [1.165, 1.54) is 16.5 Å². The van der Waals surface area contributed by atoms with E-state index in [9.17, 15) is 19.5 Å². The highest BCUT2D eigenvalue weighted by atomic mass is 32.1. The Hall–Kier alpha value is -5.18. The van der Waals surface area contributed by atoms with Crippen molar-refractivity contribution in [2.24, 2.45) is 5.41 Å². The average molecular weight is 901 g/mol.